The summed E-state index contributed by atoms with van der Waals surface area (Å²) < 4.78 is 22.7. The maximum Gasteiger partial charge on any atom is 0.258 e. The standard InChI is InChI=1S/C13H12ClN3O3S/c1-8-7-11(14)16-13(15-8)17-12(18)9-3-5-10(6-4-9)21(2,19)20/h3-7H,1-2H3,(H,15,16,17,18). The molecule has 2 rings (SSSR count). The summed E-state index contributed by atoms with van der Waals surface area (Å²) >= 11 is 5.78. The molecule has 2 aromatic rings. The Labute approximate surface area is 127 Å². The van der Waals surface area contributed by atoms with Crippen molar-refractivity contribution in [3.63, 3.8) is 0 Å². The van der Waals surface area contributed by atoms with Gasteiger partial charge in [-0.2, -0.15) is 0 Å². The number of halogens is 1. The van der Waals surface area contributed by atoms with Gasteiger partial charge >= 0.3 is 0 Å². The van der Waals surface area contributed by atoms with Crippen LogP contribution in [0.5, 0.6) is 0 Å². The molecule has 1 heterocycles. The highest BCUT2D eigenvalue weighted by Crippen LogP contribution is 2.13. The third kappa shape index (κ3) is 3.99. The second-order valence-corrected chi connectivity index (χ2v) is 6.81. The maximum atomic E-state index is 12.0. The molecule has 0 atom stereocenters. The van der Waals surface area contributed by atoms with Crippen LogP contribution in [0, 0.1) is 6.92 Å². The lowest BCUT2D eigenvalue weighted by atomic mass is 10.2. The zero-order valence-electron chi connectivity index (χ0n) is 11.3. The summed E-state index contributed by atoms with van der Waals surface area (Å²) in [6, 6.07) is 7.15. The van der Waals surface area contributed by atoms with Gasteiger partial charge in [-0.15, -0.1) is 0 Å². The Kier molecular flexibility index (Phi) is 4.24. The van der Waals surface area contributed by atoms with E-state index in [0.717, 1.165) is 6.26 Å². The third-order valence-corrected chi connectivity index (χ3v) is 3.92. The molecular weight excluding hydrogens is 314 g/mol. The van der Waals surface area contributed by atoms with Crippen LogP contribution in [0.15, 0.2) is 35.2 Å². The number of amides is 1. The average Bonchev–Trinajstić information content (AvgIpc) is 2.36. The van der Waals surface area contributed by atoms with Crippen molar-refractivity contribution in [2.24, 2.45) is 0 Å². The Hall–Kier alpha value is -1.99. The lowest BCUT2D eigenvalue weighted by Gasteiger charge is -2.05. The van der Waals surface area contributed by atoms with E-state index in [1.807, 2.05) is 0 Å². The number of hydrogen-bond donors (Lipinski definition) is 1. The fourth-order valence-electron chi connectivity index (χ4n) is 1.61. The fraction of sp³-hybridized carbons (Fsp3) is 0.154. The number of aromatic nitrogens is 2. The first-order chi connectivity index (χ1) is 9.75. The van der Waals surface area contributed by atoms with Gasteiger partial charge in [-0.1, -0.05) is 11.6 Å². The molecule has 6 nitrogen and oxygen atoms in total. The van der Waals surface area contributed by atoms with E-state index in [1.165, 1.54) is 24.3 Å². The normalized spacial score (nSPS) is 11.2. The van der Waals surface area contributed by atoms with Gasteiger partial charge in [-0.25, -0.2) is 18.4 Å². The molecule has 0 spiro atoms. The highest BCUT2D eigenvalue weighted by atomic mass is 35.5. The number of hydrogen-bond acceptors (Lipinski definition) is 5. The quantitative estimate of drug-likeness (QED) is 0.873. The molecule has 0 aliphatic heterocycles. The van der Waals surface area contributed by atoms with Crippen LogP contribution in [0.4, 0.5) is 5.95 Å². The van der Waals surface area contributed by atoms with Crippen LogP contribution >= 0.6 is 11.6 Å². The molecule has 0 unspecified atom stereocenters. The van der Waals surface area contributed by atoms with Gasteiger partial charge < -0.3 is 0 Å². The molecule has 1 amide bonds. The molecule has 1 aromatic heterocycles. The summed E-state index contributed by atoms with van der Waals surface area (Å²) in [6.45, 7) is 1.73. The zero-order valence-corrected chi connectivity index (χ0v) is 12.9. The molecule has 0 saturated heterocycles. The number of nitrogens with one attached hydrogen (secondary N) is 1. The zero-order chi connectivity index (χ0) is 15.6. The molecule has 0 radical (unpaired) electrons. The van der Waals surface area contributed by atoms with Gasteiger partial charge in [0.25, 0.3) is 5.91 Å². The minimum atomic E-state index is -3.29. The number of nitrogens with zero attached hydrogens (tertiary/aromatic N) is 2. The molecule has 110 valence electrons. The Morgan fingerprint density at radius 3 is 2.33 bits per heavy atom. The number of carbonyl (C=O) groups excluding carboxylic acids is 1. The van der Waals surface area contributed by atoms with E-state index in [9.17, 15) is 13.2 Å². The molecule has 0 fully saturated rings. The summed E-state index contributed by atoms with van der Waals surface area (Å²) in [4.78, 5) is 20.1. The molecule has 0 aliphatic carbocycles. The first-order valence-electron chi connectivity index (χ1n) is 5.88. The van der Waals surface area contributed by atoms with Crippen molar-refractivity contribution in [1.29, 1.82) is 0 Å². The van der Waals surface area contributed by atoms with Crippen LogP contribution in [0.2, 0.25) is 5.15 Å². The van der Waals surface area contributed by atoms with E-state index < -0.39 is 15.7 Å². The summed E-state index contributed by atoms with van der Waals surface area (Å²) in [5, 5.41) is 2.73. The third-order valence-electron chi connectivity index (χ3n) is 2.59. The summed E-state index contributed by atoms with van der Waals surface area (Å²) in [5.74, 6) is -0.353. The number of benzene rings is 1. The van der Waals surface area contributed by atoms with Crippen molar-refractivity contribution in [2.45, 2.75) is 11.8 Å². The summed E-state index contributed by atoms with van der Waals surface area (Å²) in [6.07, 6.45) is 1.10. The SMILES string of the molecule is Cc1cc(Cl)nc(NC(=O)c2ccc(S(C)(=O)=O)cc2)n1. The van der Waals surface area contributed by atoms with Gasteiger partial charge in [0.05, 0.1) is 4.90 Å². The highest BCUT2D eigenvalue weighted by molar-refractivity contribution is 7.90. The molecule has 0 aliphatic rings. The van der Waals surface area contributed by atoms with Crippen molar-refractivity contribution in [3.8, 4) is 0 Å². The number of anilines is 1. The van der Waals surface area contributed by atoms with Crippen molar-refractivity contribution < 1.29 is 13.2 Å². The largest absolute Gasteiger partial charge is 0.290 e. The Morgan fingerprint density at radius 2 is 1.81 bits per heavy atom. The van der Waals surface area contributed by atoms with E-state index in [4.69, 9.17) is 11.6 Å². The van der Waals surface area contributed by atoms with Crippen LogP contribution in [-0.2, 0) is 9.84 Å². The Bertz CT molecular complexity index is 769. The van der Waals surface area contributed by atoms with E-state index in [0.29, 0.717) is 11.3 Å². The molecule has 8 heteroatoms. The first-order valence-corrected chi connectivity index (χ1v) is 8.15. The molecule has 0 bridgehead atoms. The second-order valence-electron chi connectivity index (χ2n) is 4.41. The van der Waals surface area contributed by atoms with Crippen LogP contribution in [0.25, 0.3) is 0 Å². The number of rotatable bonds is 3. The van der Waals surface area contributed by atoms with Gasteiger partial charge in [0.2, 0.25) is 5.95 Å². The topological polar surface area (TPSA) is 89.0 Å². The van der Waals surface area contributed by atoms with Crippen molar-refractivity contribution >= 4 is 33.3 Å². The lowest BCUT2D eigenvalue weighted by molar-refractivity contribution is 0.102. The van der Waals surface area contributed by atoms with E-state index in [1.54, 1.807) is 13.0 Å². The molecular formula is C13H12ClN3O3S. The minimum Gasteiger partial charge on any atom is -0.290 e. The average molecular weight is 326 g/mol. The molecule has 0 saturated carbocycles. The van der Waals surface area contributed by atoms with Crippen molar-refractivity contribution in [1.82, 2.24) is 9.97 Å². The fourth-order valence-corrected chi connectivity index (χ4v) is 2.48. The summed E-state index contributed by atoms with van der Waals surface area (Å²) in [7, 11) is -3.29. The van der Waals surface area contributed by atoms with Gasteiger partial charge in [-0.05, 0) is 37.3 Å². The monoisotopic (exact) mass is 325 g/mol. The smallest absolute Gasteiger partial charge is 0.258 e. The van der Waals surface area contributed by atoms with Gasteiger partial charge in [0.15, 0.2) is 9.84 Å². The van der Waals surface area contributed by atoms with Crippen LogP contribution in [-0.4, -0.2) is 30.5 Å². The van der Waals surface area contributed by atoms with Crippen LogP contribution in [0.1, 0.15) is 16.1 Å². The maximum absolute atomic E-state index is 12.0. The minimum absolute atomic E-state index is 0.0946. The van der Waals surface area contributed by atoms with E-state index in [2.05, 4.69) is 15.3 Å². The first kappa shape index (κ1) is 15.4. The second kappa shape index (κ2) is 5.79. The highest BCUT2D eigenvalue weighted by Gasteiger charge is 2.11. The molecule has 1 N–H and O–H groups in total. The summed E-state index contributed by atoms with van der Waals surface area (Å²) in [5.41, 5.74) is 0.918. The Balaban J connectivity index is 2.20. The van der Waals surface area contributed by atoms with Crippen LogP contribution in [0.3, 0.4) is 0 Å². The van der Waals surface area contributed by atoms with Gasteiger partial charge in [0.1, 0.15) is 5.15 Å². The van der Waals surface area contributed by atoms with Crippen LogP contribution < -0.4 is 5.32 Å². The Morgan fingerprint density at radius 1 is 1.19 bits per heavy atom. The number of aryl methyl sites for hydroxylation is 1. The predicted molar refractivity (Wildman–Crippen MR) is 79.3 cm³/mol. The molecule has 21 heavy (non-hydrogen) atoms. The van der Waals surface area contributed by atoms with Crippen molar-refractivity contribution in [2.75, 3.05) is 11.6 Å². The van der Waals surface area contributed by atoms with Gasteiger partial charge in [-0.3, -0.25) is 10.1 Å². The van der Waals surface area contributed by atoms with Gasteiger partial charge in [0, 0.05) is 17.5 Å². The van der Waals surface area contributed by atoms with Crippen molar-refractivity contribution in [3.05, 3.63) is 46.7 Å². The number of sulfone groups is 1. The molecule has 1 aromatic carbocycles. The predicted octanol–water partition coefficient (Wildman–Crippen LogP) is 2.09. The van der Waals surface area contributed by atoms with E-state index in [-0.39, 0.29) is 16.0 Å². The lowest BCUT2D eigenvalue weighted by Crippen LogP contribution is -2.14. The van der Waals surface area contributed by atoms with E-state index >= 15 is 0 Å². The number of carbonyl (C=O) groups is 1.